The Hall–Kier alpha value is -0.940. The van der Waals surface area contributed by atoms with Crippen LogP contribution in [0.5, 0.6) is 0 Å². The lowest BCUT2D eigenvalue weighted by molar-refractivity contribution is 0.676. The lowest BCUT2D eigenvalue weighted by Crippen LogP contribution is -2.33. The Bertz CT molecular complexity index is 268. The summed E-state index contributed by atoms with van der Waals surface area (Å²) in [6, 6.07) is 2.06. The molecule has 11 heavy (non-hydrogen) atoms. The summed E-state index contributed by atoms with van der Waals surface area (Å²) < 4.78 is 0. The molecular formula is C8H9ClN2. The quantitative estimate of drug-likeness (QED) is 0.443. The second-order valence-electron chi connectivity index (χ2n) is 2.72. The molecule has 0 aromatic rings. The Morgan fingerprint density at radius 3 is 2.82 bits per heavy atom. The van der Waals surface area contributed by atoms with Crippen LogP contribution < -0.4 is 5.32 Å². The summed E-state index contributed by atoms with van der Waals surface area (Å²) in [6.45, 7) is 3.71. The Kier molecular flexibility index (Phi) is 1.92. The minimum Gasteiger partial charge on any atom is -0.369 e. The fourth-order valence-electron chi connectivity index (χ4n) is 0.974. The van der Waals surface area contributed by atoms with E-state index >= 15 is 0 Å². The van der Waals surface area contributed by atoms with Gasteiger partial charge in [0.05, 0.1) is 5.57 Å². The van der Waals surface area contributed by atoms with E-state index in [1.54, 1.807) is 6.20 Å². The van der Waals surface area contributed by atoms with E-state index in [-0.39, 0.29) is 0 Å². The molecule has 0 aromatic heterocycles. The first-order valence-corrected chi connectivity index (χ1v) is 3.70. The molecule has 0 spiro atoms. The summed E-state index contributed by atoms with van der Waals surface area (Å²) in [5.74, 6) is 0. The molecule has 0 aromatic carbocycles. The standard InChI is InChI=1S/C8H9ClN2/c1-6-3-8(2,9)11-5-7(6)4-10/h3,5,11H,1-2H3. The lowest BCUT2D eigenvalue weighted by atomic mass is 10.0. The van der Waals surface area contributed by atoms with Crippen molar-refractivity contribution < 1.29 is 0 Å². The summed E-state index contributed by atoms with van der Waals surface area (Å²) in [4.78, 5) is -0.537. The first-order chi connectivity index (χ1) is 5.05. The normalized spacial score (nSPS) is 29.6. The third-order valence-electron chi connectivity index (χ3n) is 1.53. The average Bonchev–Trinajstić information content (AvgIpc) is 1.86. The number of rotatable bonds is 0. The van der Waals surface area contributed by atoms with E-state index in [0.29, 0.717) is 5.57 Å². The van der Waals surface area contributed by atoms with Crippen LogP contribution in [-0.2, 0) is 0 Å². The van der Waals surface area contributed by atoms with Crippen molar-refractivity contribution in [2.75, 3.05) is 0 Å². The van der Waals surface area contributed by atoms with Crippen molar-refractivity contribution in [1.82, 2.24) is 5.32 Å². The molecule has 0 fully saturated rings. The van der Waals surface area contributed by atoms with Crippen molar-refractivity contribution in [2.45, 2.75) is 18.8 Å². The molecule has 1 N–H and O–H groups in total. The number of nitrogens with zero attached hydrogens (tertiary/aromatic N) is 1. The van der Waals surface area contributed by atoms with Gasteiger partial charge in [-0.05, 0) is 25.5 Å². The van der Waals surface area contributed by atoms with Gasteiger partial charge in [0, 0.05) is 6.20 Å². The molecule has 2 nitrogen and oxygen atoms in total. The number of halogens is 1. The monoisotopic (exact) mass is 168 g/mol. The third-order valence-corrected chi connectivity index (χ3v) is 1.75. The van der Waals surface area contributed by atoms with E-state index in [9.17, 15) is 0 Å². The van der Waals surface area contributed by atoms with Crippen LogP contribution in [0.2, 0.25) is 0 Å². The molecule has 1 aliphatic rings. The largest absolute Gasteiger partial charge is 0.369 e. The predicted octanol–water partition coefficient (Wildman–Crippen LogP) is 1.90. The van der Waals surface area contributed by atoms with Gasteiger partial charge in [-0.3, -0.25) is 0 Å². The second-order valence-corrected chi connectivity index (χ2v) is 3.50. The summed E-state index contributed by atoms with van der Waals surface area (Å²) in [6.07, 6.45) is 3.47. The van der Waals surface area contributed by atoms with Crippen molar-refractivity contribution in [2.24, 2.45) is 0 Å². The highest BCUT2D eigenvalue weighted by molar-refractivity contribution is 6.24. The highest BCUT2D eigenvalue weighted by Crippen LogP contribution is 2.22. The summed E-state index contributed by atoms with van der Waals surface area (Å²) in [5, 5.41) is 11.5. The molecule has 0 bridgehead atoms. The highest BCUT2D eigenvalue weighted by Gasteiger charge is 2.20. The van der Waals surface area contributed by atoms with Crippen LogP contribution in [0.3, 0.4) is 0 Å². The first kappa shape index (κ1) is 8.16. The zero-order valence-corrected chi connectivity index (χ0v) is 7.24. The molecule has 1 rings (SSSR count). The van der Waals surface area contributed by atoms with Crippen LogP contribution in [-0.4, -0.2) is 5.00 Å². The number of nitrogens with one attached hydrogen (secondary N) is 1. The molecule has 3 heteroatoms. The maximum atomic E-state index is 8.59. The molecule has 0 radical (unpaired) electrons. The van der Waals surface area contributed by atoms with Gasteiger partial charge in [-0.1, -0.05) is 11.6 Å². The molecule has 1 aliphatic heterocycles. The van der Waals surface area contributed by atoms with Gasteiger partial charge in [-0.15, -0.1) is 0 Å². The molecule has 58 valence electrons. The number of hydrogen-bond acceptors (Lipinski definition) is 2. The van der Waals surface area contributed by atoms with Gasteiger partial charge in [-0.25, -0.2) is 0 Å². The first-order valence-electron chi connectivity index (χ1n) is 3.32. The molecular weight excluding hydrogens is 160 g/mol. The smallest absolute Gasteiger partial charge is 0.128 e. The van der Waals surface area contributed by atoms with Crippen LogP contribution in [0, 0.1) is 11.3 Å². The Balaban J connectivity index is 2.94. The predicted molar refractivity (Wildman–Crippen MR) is 44.8 cm³/mol. The van der Waals surface area contributed by atoms with E-state index < -0.39 is 5.00 Å². The average molecular weight is 169 g/mol. The number of hydrogen-bond donors (Lipinski definition) is 1. The topological polar surface area (TPSA) is 35.8 Å². The van der Waals surface area contributed by atoms with E-state index in [1.165, 1.54) is 0 Å². The number of nitriles is 1. The van der Waals surface area contributed by atoms with Gasteiger partial charge in [0.15, 0.2) is 0 Å². The van der Waals surface area contributed by atoms with Crippen molar-refractivity contribution in [3.8, 4) is 6.07 Å². The Labute approximate surface area is 71.2 Å². The molecule has 0 saturated heterocycles. The van der Waals surface area contributed by atoms with Crippen LogP contribution in [0.4, 0.5) is 0 Å². The second kappa shape index (κ2) is 2.60. The summed E-state index contributed by atoms with van der Waals surface area (Å²) in [7, 11) is 0. The van der Waals surface area contributed by atoms with E-state index in [2.05, 4.69) is 11.4 Å². The number of alkyl halides is 1. The van der Waals surface area contributed by atoms with Gasteiger partial charge in [0.1, 0.15) is 11.1 Å². The Morgan fingerprint density at radius 2 is 2.36 bits per heavy atom. The molecule has 0 saturated carbocycles. The van der Waals surface area contributed by atoms with Gasteiger partial charge >= 0.3 is 0 Å². The molecule has 0 amide bonds. The van der Waals surface area contributed by atoms with Crippen molar-refractivity contribution in [1.29, 1.82) is 5.26 Å². The fourth-order valence-corrected chi connectivity index (χ4v) is 1.19. The van der Waals surface area contributed by atoms with E-state index in [4.69, 9.17) is 16.9 Å². The molecule has 0 aliphatic carbocycles. The van der Waals surface area contributed by atoms with Crippen LogP contribution in [0.25, 0.3) is 0 Å². The minimum absolute atomic E-state index is 0.537. The molecule has 1 atom stereocenters. The third kappa shape index (κ3) is 1.75. The van der Waals surface area contributed by atoms with Gasteiger partial charge in [0.2, 0.25) is 0 Å². The maximum Gasteiger partial charge on any atom is 0.128 e. The van der Waals surface area contributed by atoms with Gasteiger partial charge in [-0.2, -0.15) is 5.26 Å². The van der Waals surface area contributed by atoms with Crippen LogP contribution >= 0.6 is 11.6 Å². The minimum atomic E-state index is -0.537. The van der Waals surface area contributed by atoms with Crippen molar-refractivity contribution in [3.05, 3.63) is 23.4 Å². The zero-order chi connectivity index (χ0) is 8.48. The van der Waals surface area contributed by atoms with Crippen molar-refractivity contribution in [3.63, 3.8) is 0 Å². The zero-order valence-electron chi connectivity index (χ0n) is 6.48. The van der Waals surface area contributed by atoms with Gasteiger partial charge < -0.3 is 5.32 Å². The van der Waals surface area contributed by atoms with Crippen LogP contribution in [0.1, 0.15) is 13.8 Å². The SMILES string of the molecule is CC1=CC(C)(Cl)NC=C1C#N. The van der Waals surface area contributed by atoms with Crippen LogP contribution in [0.15, 0.2) is 23.4 Å². The van der Waals surface area contributed by atoms with E-state index in [0.717, 1.165) is 5.57 Å². The fraction of sp³-hybridized carbons (Fsp3) is 0.375. The molecule has 1 heterocycles. The van der Waals surface area contributed by atoms with E-state index in [1.807, 2.05) is 19.9 Å². The molecule has 1 unspecified atom stereocenters. The van der Waals surface area contributed by atoms with Gasteiger partial charge in [0.25, 0.3) is 0 Å². The highest BCUT2D eigenvalue weighted by atomic mass is 35.5. The number of allylic oxidation sites excluding steroid dienone is 2. The summed E-state index contributed by atoms with van der Waals surface area (Å²) >= 11 is 5.95. The van der Waals surface area contributed by atoms with Crippen molar-refractivity contribution >= 4 is 11.6 Å². The Morgan fingerprint density at radius 1 is 1.73 bits per heavy atom. The number of dihydropyridines is 1. The summed E-state index contributed by atoms with van der Waals surface area (Å²) in [5.41, 5.74) is 1.56. The lowest BCUT2D eigenvalue weighted by Gasteiger charge is -2.23. The maximum absolute atomic E-state index is 8.59.